The average Bonchev–Trinajstić information content (AvgIpc) is 3.22. The van der Waals surface area contributed by atoms with Crippen LogP contribution in [0.4, 0.5) is 5.69 Å². The third kappa shape index (κ3) is 4.31. The molecule has 0 atom stereocenters. The molecule has 0 bridgehead atoms. The van der Waals surface area contributed by atoms with Crippen molar-refractivity contribution in [2.75, 3.05) is 18.2 Å². The van der Waals surface area contributed by atoms with Gasteiger partial charge in [0.05, 0.1) is 12.9 Å². The summed E-state index contributed by atoms with van der Waals surface area (Å²) in [5.41, 5.74) is 2.47. The second-order valence-corrected chi connectivity index (χ2v) is 7.64. The normalized spacial score (nSPS) is 10.9. The number of methoxy groups -OCH3 is 1. The second kappa shape index (κ2) is 9.05. The molecule has 0 saturated carbocycles. The summed E-state index contributed by atoms with van der Waals surface area (Å²) in [5.74, 6) is 0.716. The Morgan fingerprint density at radius 1 is 1.10 bits per heavy atom. The molecule has 158 valence electrons. The van der Waals surface area contributed by atoms with Gasteiger partial charge in [-0.15, -0.1) is 10.2 Å². The van der Waals surface area contributed by atoms with Crippen LogP contribution in [0.5, 0.6) is 5.75 Å². The highest BCUT2D eigenvalue weighted by atomic mass is 32.2. The summed E-state index contributed by atoms with van der Waals surface area (Å²) in [6.45, 7) is 2.04. The molecule has 8 nitrogen and oxygen atoms in total. The molecule has 2 heterocycles. The first-order valence-electron chi connectivity index (χ1n) is 9.72. The van der Waals surface area contributed by atoms with Crippen LogP contribution in [0, 0.1) is 0 Å². The minimum absolute atomic E-state index is 0.144. The van der Waals surface area contributed by atoms with Crippen LogP contribution in [0.15, 0.2) is 70.9 Å². The van der Waals surface area contributed by atoms with Crippen molar-refractivity contribution in [3.8, 4) is 11.4 Å². The maximum absolute atomic E-state index is 12.9. The van der Waals surface area contributed by atoms with Crippen LogP contribution < -0.4 is 15.6 Å². The van der Waals surface area contributed by atoms with E-state index in [1.54, 1.807) is 48.2 Å². The molecule has 0 aliphatic carbocycles. The van der Waals surface area contributed by atoms with Crippen LogP contribution in [0.1, 0.15) is 12.5 Å². The summed E-state index contributed by atoms with van der Waals surface area (Å²) in [6.07, 6.45) is 4.20. The van der Waals surface area contributed by atoms with Crippen LogP contribution in [0.25, 0.3) is 11.3 Å². The Bertz CT molecular complexity index is 1280. The van der Waals surface area contributed by atoms with Gasteiger partial charge in [-0.25, -0.2) is 0 Å². The molecule has 2 aromatic heterocycles. The second-order valence-electron chi connectivity index (χ2n) is 6.70. The van der Waals surface area contributed by atoms with Crippen molar-refractivity contribution >= 4 is 29.0 Å². The zero-order valence-corrected chi connectivity index (χ0v) is 17.9. The number of para-hydroxylation sites is 1. The number of ether oxygens (including phenoxy) is 1. The molecule has 4 rings (SSSR count). The Morgan fingerprint density at radius 3 is 2.61 bits per heavy atom. The van der Waals surface area contributed by atoms with Gasteiger partial charge < -0.3 is 10.1 Å². The number of thioether (sulfide) groups is 1. The number of hydrogen-bond donors (Lipinski definition) is 1. The van der Waals surface area contributed by atoms with E-state index >= 15 is 0 Å². The Labute approximate surface area is 182 Å². The van der Waals surface area contributed by atoms with Gasteiger partial charge in [0.15, 0.2) is 5.16 Å². The number of benzene rings is 2. The molecule has 2 aromatic carbocycles. The number of anilines is 1. The van der Waals surface area contributed by atoms with Gasteiger partial charge in [-0.05, 0) is 42.3 Å². The summed E-state index contributed by atoms with van der Waals surface area (Å²) < 4.78 is 8.25. The SMILES string of the molecule is CCc1ccccc1NC(=O)CSc1nnc2c(=O)n(-c3ccc(OC)cc3)ccn12. The van der Waals surface area contributed by atoms with Gasteiger partial charge >= 0.3 is 5.56 Å². The van der Waals surface area contributed by atoms with Gasteiger partial charge in [-0.3, -0.25) is 18.6 Å². The lowest BCUT2D eigenvalue weighted by Crippen LogP contribution is -2.20. The highest BCUT2D eigenvalue weighted by molar-refractivity contribution is 7.99. The lowest BCUT2D eigenvalue weighted by Gasteiger charge is -2.09. The van der Waals surface area contributed by atoms with Gasteiger partial charge in [0.25, 0.3) is 0 Å². The number of aryl methyl sites for hydroxylation is 1. The summed E-state index contributed by atoms with van der Waals surface area (Å²) in [4.78, 5) is 25.3. The summed E-state index contributed by atoms with van der Waals surface area (Å²) in [7, 11) is 1.59. The Hall–Kier alpha value is -3.59. The topological polar surface area (TPSA) is 90.5 Å². The first-order chi connectivity index (χ1) is 15.1. The van der Waals surface area contributed by atoms with Gasteiger partial charge in [0, 0.05) is 23.8 Å². The average molecular weight is 436 g/mol. The fourth-order valence-electron chi connectivity index (χ4n) is 3.18. The number of hydrogen-bond acceptors (Lipinski definition) is 6. The number of carbonyl (C=O) groups excluding carboxylic acids is 1. The standard InChI is InChI=1S/C22H21N5O3S/c1-3-15-6-4-5-7-18(15)23-19(28)14-31-22-25-24-20-21(29)26(12-13-27(20)22)16-8-10-17(30-2)11-9-16/h4-13H,3,14H2,1-2H3,(H,23,28). The molecule has 31 heavy (non-hydrogen) atoms. The number of aromatic nitrogens is 4. The van der Waals surface area contributed by atoms with Gasteiger partial charge in [0.1, 0.15) is 5.75 Å². The molecule has 4 aromatic rings. The van der Waals surface area contributed by atoms with Crippen molar-refractivity contribution in [3.63, 3.8) is 0 Å². The zero-order valence-electron chi connectivity index (χ0n) is 17.1. The Kier molecular flexibility index (Phi) is 6.03. The lowest BCUT2D eigenvalue weighted by molar-refractivity contribution is -0.113. The third-order valence-corrected chi connectivity index (χ3v) is 5.74. The van der Waals surface area contributed by atoms with Crippen LogP contribution in [-0.4, -0.2) is 37.9 Å². The van der Waals surface area contributed by atoms with Gasteiger partial charge in [0.2, 0.25) is 11.6 Å². The van der Waals surface area contributed by atoms with Crippen molar-refractivity contribution in [3.05, 3.63) is 76.8 Å². The van der Waals surface area contributed by atoms with Crippen LogP contribution in [-0.2, 0) is 11.2 Å². The smallest absolute Gasteiger partial charge is 0.300 e. The molecular formula is C22H21N5O3S. The van der Waals surface area contributed by atoms with Crippen molar-refractivity contribution in [2.45, 2.75) is 18.5 Å². The predicted molar refractivity (Wildman–Crippen MR) is 120 cm³/mol. The zero-order chi connectivity index (χ0) is 21.8. The van der Waals surface area contributed by atoms with Gasteiger partial charge in [-0.1, -0.05) is 36.9 Å². The molecule has 9 heteroatoms. The number of nitrogens with one attached hydrogen (secondary N) is 1. The molecule has 0 fully saturated rings. The molecule has 0 unspecified atom stereocenters. The third-order valence-electron chi connectivity index (χ3n) is 4.79. The highest BCUT2D eigenvalue weighted by Gasteiger charge is 2.14. The molecule has 1 amide bonds. The number of carbonyl (C=O) groups is 1. The summed E-state index contributed by atoms with van der Waals surface area (Å²) >= 11 is 1.23. The van der Waals surface area contributed by atoms with E-state index < -0.39 is 0 Å². The predicted octanol–water partition coefficient (Wildman–Crippen LogP) is 3.18. The molecule has 1 N–H and O–H groups in total. The number of rotatable bonds is 7. The minimum atomic E-state index is -0.298. The van der Waals surface area contributed by atoms with Crippen molar-refractivity contribution in [1.82, 2.24) is 19.2 Å². The number of amides is 1. The minimum Gasteiger partial charge on any atom is -0.497 e. The van der Waals surface area contributed by atoms with E-state index in [4.69, 9.17) is 4.74 Å². The summed E-state index contributed by atoms with van der Waals surface area (Å²) in [6, 6.07) is 14.9. The van der Waals surface area contributed by atoms with Crippen LogP contribution in [0.3, 0.4) is 0 Å². The maximum atomic E-state index is 12.9. The van der Waals surface area contributed by atoms with Crippen molar-refractivity contribution in [2.24, 2.45) is 0 Å². The van der Waals surface area contributed by atoms with E-state index in [0.717, 1.165) is 17.7 Å². The maximum Gasteiger partial charge on any atom is 0.300 e. The van der Waals surface area contributed by atoms with Crippen LogP contribution in [0.2, 0.25) is 0 Å². The molecule has 0 radical (unpaired) electrons. The number of nitrogens with zero attached hydrogens (tertiary/aromatic N) is 4. The van der Waals surface area contributed by atoms with E-state index in [1.165, 1.54) is 16.3 Å². The van der Waals surface area contributed by atoms with E-state index in [1.807, 2.05) is 31.2 Å². The van der Waals surface area contributed by atoms with E-state index in [2.05, 4.69) is 15.5 Å². The van der Waals surface area contributed by atoms with Crippen LogP contribution >= 0.6 is 11.8 Å². The molecule has 0 aliphatic heterocycles. The highest BCUT2D eigenvalue weighted by Crippen LogP contribution is 2.19. The Morgan fingerprint density at radius 2 is 1.87 bits per heavy atom. The van der Waals surface area contributed by atoms with E-state index in [9.17, 15) is 9.59 Å². The van der Waals surface area contributed by atoms with Crippen molar-refractivity contribution < 1.29 is 9.53 Å². The largest absolute Gasteiger partial charge is 0.497 e. The number of fused-ring (bicyclic) bond motifs is 1. The van der Waals surface area contributed by atoms with E-state index in [-0.39, 0.29) is 22.9 Å². The quantitative estimate of drug-likeness (QED) is 0.449. The lowest BCUT2D eigenvalue weighted by atomic mass is 10.1. The van der Waals surface area contributed by atoms with Crippen molar-refractivity contribution in [1.29, 1.82) is 0 Å². The first-order valence-corrected chi connectivity index (χ1v) is 10.7. The first kappa shape index (κ1) is 20.7. The van der Waals surface area contributed by atoms with Gasteiger partial charge in [-0.2, -0.15) is 0 Å². The fourth-order valence-corrected chi connectivity index (χ4v) is 3.89. The molecule has 0 spiro atoms. The monoisotopic (exact) mass is 435 g/mol. The molecule has 0 aliphatic rings. The van der Waals surface area contributed by atoms with E-state index in [0.29, 0.717) is 16.6 Å². The molecular weight excluding hydrogens is 414 g/mol. The molecule has 0 saturated heterocycles. The Balaban J connectivity index is 1.51. The summed E-state index contributed by atoms with van der Waals surface area (Å²) in [5, 5.41) is 11.5. The fraction of sp³-hybridized carbons (Fsp3) is 0.182.